The number of unbranched alkanes of at least 4 members (excludes halogenated alkanes) is 3. The van der Waals surface area contributed by atoms with E-state index in [-0.39, 0.29) is 29.2 Å². The van der Waals surface area contributed by atoms with Gasteiger partial charge in [0.05, 0.1) is 6.04 Å². The first kappa shape index (κ1) is 39.7. The molecule has 2 aliphatic rings. The summed E-state index contributed by atoms with van der Waals surface area (Å²) in [6, 6.07) is 0.134. The quantitative estimate of drug-likeness (QED) is 0.376. The predicted molar refractivity (Wildman–Crippen MR) is 143 cm³/mol. The lowest BCUT2D eigenvalue weighted by Crippen LogP contribution is -2.41. The highest BCUT2D eigenvalue weighted by Crippen LogP contribution is 2.14. The number of hydrogen-bond acceptors (Lipinski definition) is 6. The third kappa shape index (κ3) is 27.7. The molecule has 0 aromatic carbocycles. The molecule has 0 saturated carbocycles. The van der Waals surface area contributed by atoms with Gasteiger partial charge < -0.3 is 21.2 Å². The maximum Gasteiger partial charge on any atom is 0.237 e. The zero-order chi connectivity index (χ0) is 28.3. The molecule has 2 saturated heterocycles. The molecule has 0 aromatic rings. The zero-order valence-electron chi connectivity index (χ0n) is 23.6. The van der Waals surface area contributed by atoms with Crippen LogP contribution in [0.5, 0.6) is 0 Å². The van der Waals surface area contributed by atoms with Crippen LogP contribution in [0.2, 0.25) is 0 Å². The normalized spacial score (nSPS) is 15.8. The van der Waals surface area contributed by atoms with E-state index in [4.69, 9.17) is 11.0 Å². The van der Waals surface area contributed by atoms with Crippen LogP contribution in [0, 0.1) is 17.2 Å². The largest absolute Gasteiger partial charge is 0.369 e. The van der Waals surface area contributed by atoms with E-state index in [0.717, 1.165) is 64.4 Å². The van der Waals surface area contributed by atoms with Crippen LogP contribution in [0.4, 0.5) is 0 Å². The molecular formula is C26H53N5O4. The van der Waals surface area contributed by atoms with Crippen molar-refractivity contribution < 1.29 is 19.2 Å². The topological polar surface area (TPSA) is 145 Å². The van der Waals surface area contributed by atoms with Gasteiger partial charge in [0.2, 0.25) is 17.7 Å². The number of rotatable bonds is 6. The molecular weight excluding hydrogens is 446 g/mol. The Morgan fingerprint density at radius 3 is 2.00 bits per heavy atom. The van der Waals surface area contributed by atoms with Crippen molar-refractivity contribution in [3.63, 3.8) is 0 Å². The Morgan fingerprint density at radius 1 is 1.20 bits per heavy atom. The van der Waals surface area contributed by atoms with E-state index in [9.17, 15) is 19.2 Å². The summed E-state index contributed by atoms with van der Waals surface area (Å²) in [4.78, 5) is 43.5. The summed E-state index contributed by atoms with van der Waals surface area (Å²) >= 11 is 0. The summed E-state index contributed by atoms with van der Waals surface area (Å²) in [5.74, 6) is 0.134. The van der Waals surface area contributed by atoms with Gasteiger partial charge >= 0.3 is 0 Å². The minimum atomic E-state index is -0.361. The number of primary amides is 1. The number of hydrogen-bond donors (Lipinski definition) is 3. The second-order valence-corrected chi connectivity index (χ2v) is 8.76. The summed E-state index contributed by atoms with van der Waals surface area (Å²) < 4.78 is 0. The lowest BCUT2D eigenvalue weighted by molar-refractivity contribution is -0.125. The van der Waals surface area contributed by atoms with Gasteiger partial charge in [0, 0.05) is 37.9 Å². The first-order chi connectivity index (χ1) is 16.5. The van der Waals surface area contributed by atoms with Gasteiger partial charge in [-0.1, -0.05) is 54.4 Å². The molecule has 2 rings (SSSR count). The smallest absolute Gasteiger partial charge is 0.237 e. The van der Waals surface area contributed by atoms with Gasteiger partial charge in [-0.05, 0) is 46.2 Å². The van der Waals surface area contributed by atoms with Crippen molar-refractivity contribution >= 4 is 24.0 Å². The van der Waals surface area contributed by atoms with Crippen molar-refractivity contribution in [2.45, 2.75) is 106 Å². The molecule has 0 aromatic heterocycles. The Morgan fingerprint density at radius 2 is 1.74 bits per heavy atom. The van der Waals surface area contributed by atoms with E-state index in [2.05, 4.69) is 29.0 Å². The van der Waals surface area contributed by atoms with Crippen molar-refractivity contribution in [2.24, 2.45) is 11.1 Å². The fourth-order valence-electron chi connectivity index (χ4n) is 2.58. The number of carbonyl (C=O) groups excluding carboxylic acids is 4. The number of nitrogens with zero attached hydrogens (tertiary/aromatic N) is 2. The summed E-state index contributed by atoms with van der Waals surface area (Å²) in [6.45, 7) is 19.6. The number of carbonyl (C=O) groups is 4. The third-order valence-corrected chi connectivity index (χ3v) is 4.74. The van der Waals surface area contributed by atoms with Crippen LogP contribution in [0.3, 0.4) is 0 Å². The summed E-state index contributed by atoms with van der Waals surface area (Å²) in [7, 11) is 2.01. The summed E-state index contributed by atoms with van der Waals surface area (Å²) in [5.41, 5.74) is 4.57. The molecule has 0 spiro atoms. The Kier molecular flexibility index (Phi) is 31.5. The highest BCUT2D eigenvalue weighted by Gasteiger charge is 2.26. The number of nitrogens with one attached hydrogen (secondary N) is 2. The van der Waals surface area contributed by atoms with E-state index in [1.54, 1.807) is 20.8 Å². The molecule has 206 valence electrons. The molecule has 2 aliphatic heterocycles. The van der Waals surface area contributed by atoms with Crippen molar-refractivity contribution in [3.05, 3.63) is 0 Å². The van der Waals surface area contributed by atoms with Gasteiger partial charge in [0.15, 0.2) is 0 Å². The lowest BCUT2D eigenvalue weighted by Gasteiger charge is -2.17. The second-order valence-electron chi connectivity index (χ2n) is 8.76. The van der Waals surface area contributed by atoms with E-state index in [0.29, 0.717) is 0 Å². The monoisotopic (exact) mass is 499 g/mol. The number of nitriles is 1. The van der Waals surface area contributed by atoms with Crippen LogP contribution >= 0.6 is 0 Å². The van der Waals surface area contributed by atoms with Crippen molar-refractivity contribution in [3.8, 4) is 6.57 Å². The van der Waals surface area contributed by atoms with Gasteiger partial charge in [-0.2, -0.15) is 0 Å². The van der Waals surface area contributed by atoms with Crippen molar-refractivity contribution in [2.75, 3.05) is 26.7 Å². The van der Waals surface area contributed by atoms with Gasteiger partial charge in [0.1, 0.15) is 6.29 Å². The van der Waals surface area contributed by atoms with Gasteiger partial charge in [-0.25, -0.2) is 5.26 Å². The SMILES string of the molecule is C#N.CC.CC(C)(C)C(N)=O.CCCCCC=O.CCNC(=O)C1CCCN1C.O=C1CCCN1. The molecule has 0 aliphatic carbocycles. The van der Waals surface area contributed by atoms with Crippen LogP contribution in [-0.2, 0) is 19.2 Å². The molecule has 9 nitrogen and oxygen atoms in total. The standard InChI is InChI=1S/C8H16N2O.C6H12O.C5H11NO.C4H7NO.C2H6.CHN/c1-3-9-8(11)7-5-4-6-10(7)2;1-2-3-4-5-6-7;1-5(2,3)4(6)7;6-4-2-1-3-5-4;2*1-2/h7H,3-6H2,1-2H3,(H,9,11);6H,2-5H2,1H3;1-3H3,(H2,6,7);1-3H2,(H,5,6);1-2H3;1H. The van der Waals surface area contributed by atoms with E-state index in [1.165, 1.54) is 12.8 Å². The average Bonchev–Trinajstić information content (AvgIpc) is 3.48. The van der Waals surface area contributed by atoms with E-state index < -0.39 is 0 Å². The number of likely N-dealkylation sites (tertiary alicyclic amines) is 1. The van der Waals surface area contributed by atoms with Crippen LogP contribution in [0.1, 0.15) is 99.8 Å². The fourth-order valence-corrected chi connectivity index (χ4v) is 2.58. The van der Waals surface area contributed by atoms with Gasteiger partial charge in [0.25, 0.3) is 0 Å². The summed E-state index contributed by atoms with van der Waals surface area (Å²) in [5, 5.41) is 12.0. The molecule has 0 radical (unpaired) electrons. The lowest BCUT2D eigenvalue weighted by atomic mass is 9.96. The fraction of sp³-hybridized carbons (Fsp3) is 0.808. The Hall–Kier alpha value is -2.47. The first-order valence-corrected chi connectivity index (χ1v) is 12.7. The van der Waals surface area contributed by atoms with Crippen molar-refractivity contribution in [1.29, 1.82) is 5.26 Å². The maximum atomic E-state index is 11.3. The van der Waals surface area contributed by atoms with Crippen LogP contribution in [-0.4, -0.2) is 61.6 Å². The van der Waals surface area contributed by atoms with Gasteiger partial charge in [-0.3, -0.25) is 19.3 Å². The molecule has 1 atom stereocenters. The molecule has 35 heavy (non-hydrogen) atoms. The highest BCUT2D eigenvalue weighted by atomic mass is 16.2. The molecule has 0 bridgehead atoms. The Balaban J connectivity index is -0.000000179. The Bertz CT molecular complexity index is 552. The predicted octanol–water partition coefficient (Wildman–Crippen LogP) is 3.56. The average molecular weight is 500 g/mol. The van der Waals surface area contributed by atoms with Crippen molar-refractivity contribution in [1.82, 2.24) is 15.5 Å². The van der Waals surface area contributed by atoms with Gasteiger partial charge in [-0.15, -0.1) is 0 Å². The Labute approximate surface area is 214 Å². The van der Waals surface area contributed by atoms with E-state index in [1.807, 2.05) is 27.8 Å². The minimum Gasteiger partial charge on any atom is -0.369 e. The zero-order valence-corrected chi connectivity index (χ0v) is 23.6. The third-order valence-electron chi connectivity index (χ3n) is 4.74. The molecule has 3 amide bonds. The van der Waals surface area contributed by atoms with E-state index >= 15 is 0 Å². The summed E-state index contributed by atoms with van der Waals surface area (Å²) in [6.07, 6.45) is 9.12. The number of likely N-dealkylation sites (N-methyl/N-ethyl adjacent to an activating group) is 2. The maximum absolute atomic E-state index is 11.3. The minimum absolute atomic E-state index is 0.134. The first-order valence-electron chi connectivity index (χ1n) is 12.7. The molecule has 9 heteroatoms. The number of nitrogens with two attached hydrogens (primary N) is 1. The molecule has 2 fully saturated rings. The number of amides is 3. The second kappa shape index (κ2) is 27.8. The highest BCUT2D eigenvalue weighted by molar-refractivity contribution is 5.82. The molecule has 1 unspecified atom stereocenters. The number of aldehydes is 1. The molecule has 4 N–H and O–H groups in total. The van der Waals surface area contributed by atoms with Crippen LogP contribution in [0.15, 0.2) is 0 Å². The molecule has 2 heterocycles. The van der Waals surface area contributed by atoms with Crippen LogP contribution in [0.25, 0.3) is 0 Å². The van der Waals surface area contributed by atoms with Crippen LogP contribution < -0.4 is 16.4 Å².